The van der Waals surface area contributed by atoms with E-state index >= 15 is 0 Å². The second-order valence-electron chi connectivity index (χ2n) is 20.2. The van der Waals surface area contributed by atoms with E-state index in [1.54, 1.807) is 0 Å². The van der Waals surface area contributed by atoms with Gasteiger partial charge in [-0.1, -0.05) is 164 Å². The van der Waals surface area contributed by atoms with Crippen molar-refractivity contribution in [3.8, 4) is 33.6 Å². The van der Waals surface area contributed by atoms with Crippen LogP contribution in [-0.2, 0) is 0 Å². The third kappa shape index (κ3) is 4.77. The number of aromatic nitrogens is 5. The van der Waals surface area contributed by atoms with Crippen LogP contribution in [0.25, 0.3) is 164 Å². The molecule has 0 spiro atoms. The second kappa shape index (κ2) is 13.9. The van der Waals surface area contributed by atoms with Crippen LogP contribution in [0.5, 0.6) is 0 Å². The van der Waals surface area contributed by atoms with Crippen LogP contribution in [0.4, 0.5) is 0 Å². The SMILES string of the molecule is c1ccc(-n2c3ccccc3c3cc(-c4cccc5c6c7ccccc7cc7c8c9c%10cccc%11c%12cccc(-c%13ccc%14c(c%13)c%13ccccc%13n%14-c%13ccccc%13)c%12n(c9ncc8n(c45)c76)c%11%10)ccc32)cc1. The Morgan fingerprint density at radius 1 is 0.270 bits per heavy atom. The average molecular weight is 938 g/mol. The van der Waals surface area contributed by atoms with Crippen molar-refractivity contribution in [1.29, 1.82) is 0 Å². The van der Waals surface area contributed by atoms with Crippen molar-refractivity contribution in [1.82, 2.24) is 22.9 Å². The van der Waals surface area contributed by atoms with Crippen LogP contribution >= 0.6 is 0 Å². The third-order valence-electron chi connectivity index (χ3n) is 16.6. The zero-order valence-electron chi connectivity index (χ0n) is 39.8. The molecule has 18 aromatic rings. The molecule has 0 saturated carbocycles. The first-order chi connectivity index (χ1) is 36.8. The maximum absolute atomic E-state index is 5.63. The number of para-hydroxylation sites is 7. The van der Waals surface area contributed by atoms with Gasteiger partial charge in [0.2, 0.25) is 0 Å². The van der Waals surface area contributed by atoms with Gasteiger partial charge in [-0.2, -0.15) is 0 Å². The fourth-order valence-electron chi connectivity index (χ4n) is 13.7. The van der Waals surface area contributed by atoms with Gasteiger partial charge in [0.15, 0.2) is 0 Å². The lowest BCUT2D eigenvalue weighted by Crippen LogP contribution is -1.93. The van der Waals surface area contributed by atoms with Crippen LogP contribution in [0.3, 0.4) is 0 Å². The molecule has 0 aliphatic heterocycles. The minimum atomic E-state index is 0.982. The highest BCUT2D eigenvalue weighted by Gasteiger charge is 2.28. The number of hydrogen-bond donors (Lipinski definition) is 0. The summed E-state index contributed by atoms with van der Waals surface area (Å²) in [5.74, 6) is 0. The number of rotatable bonds is 4. The molecule has 0 aliphatic carbocycles. The summed E-state index contributed by atoms with van der Waals surface area (Å²) in [6.07, 6.45) is 2.17. The van der Waals surface area contributed by atoms with Crippen LogP contribution < -0.4 is 0 Å². The molecule has 0 saturated heterocycles. The average Bonchev–Trinajstić information content (AvgIpc) is 4.41. The zero-order chi connectivity index (χ0) is 47.9. The van der Waals surface area contributed by atoms with Crippen LogP contribution in [0.1, 0.15) is 0 Å². The van der Waals surface area contributed by atoms with Crippen molar-refractivity contribution in [3.05, 3.63) is 237 Å². The first-order valence-corrected chi connectivity index (χ1v) is 25.5. The van der Waals surface area contributed by atoms with E-state index in [2.05, 4.69) is 255 Å². The van der Waals surface area contributed by atoms with E-state index in [-0.39, 0.29) is 0 Å². The highest BCUT2D eigenvalue weighted by atomic mass is 15.0. The summed E-state index contributed by atoms with van der Waals surface area (Å²) in [6, 6.07) is 85.1. The summed E-state index contributed by atoms with van der Waals surface area (Å²) in [5, 5.41) is 17.4. The van der Waals surface area contributed by atoms with Gasteiger partial charge < -0.3 is 13.5 Å². The molecule has 0 unspecified atom stereocenters. The fourth-order valence-corrected chi connectivity index (χ4v) is 13.7. The smallest absolute Gasteiger partial charge is 0.146 e. The quantitative estimate of drug-likeness (QED) is 0.173. The van der Waals surface area contributed by atoms with Gasteiger partial charge in [-0.05, 0) is 88.6 Å². The summed E-state index contributed by atoms with van der Waals surface area (Å²) in [6.45, 7) is 0. The first kappa shape index (κ1) is 38.7. The van der Waals surface area contributed by atoms with Crippen molar-refractivity contribution >= 4 is 131 Å². The van der Waals surface area contributed by atoms with E-state index in [0.717, 1.165) is 22.5 Å². The molecule has 0 aliphatic rings. The van der Waals surface area contributed by atoms with Gasteiger partial charge in [-0.15, -0.1) is 0 Å². The molecule has 0 bridgehead atoms. The molecule has 11 aromatic carbocycles. The molecule has 7 aromatic heterocycles. The van der Waals surface area contributed by atoms with Gasteiger partial charge in [-0.3, -0.25) is 4.40 Å². The monoisotopic (exact) mass is 937 g/mol. The Hall–Kier alpha value is -9.97. The van der Waals surface area contributed by atoms with E-state index in [1.165, 1.54) is 142 Å². The Morgan fingerprint density at radius 2 is 0.757 bits per heavy atom. The van der Waals surface area contributed by atoms with Gasteiger partial charge >= 0.3 is 0 Å². The van der Waals surface area contributed by atoms with E-state index in [9.17, 15) is 0 Å². The lowest BCUT2D eigenvalue weighted by Gasteiger charge is -2.10. The summed E-state index contributed by atoms with van der Waals surface area (Å²) in [5.41, 5.74) is 18.8. The Bertz CT molecular complexity index is 5420. The minimum Gasteiger partial charge on any atom is -0.309 e. The van der Waals surface area contributed by atoms with Crippen molar-refractivity contribution in [2.24, 2.45) is 0 Å². The lowest BCUT2D eigenvalue weighted by atomic mass is 9.96. The molecule has 5 nitrogen and oxygen atoms in total. The highest BCUT2D eigenvalue weighted by Crippen LogP contribution is 2.51. The molecule has 5 heteroatoms. The standard InChI is InChI=1S/C69H39N5/c1-3-17-43(18-4-1)71-57-30-11-9-22-48(57)54-36-41(32-34-59(54)71)46-24-13-26-50-51-27-15-29-53-64-63-56-38-40-16-7-8-21-45(40)62-52-28-14-25-47(66(52)73(68(56)62)61(63)39-70-69(64)74(65(46)50)67(51)53)42-33-35-60-55(37-42)49-23-10-12-31-58(49)72(60)44-19-5-2-6-20-44/h1-39H. The normalized spacial score (nSPS) is 12.6. The molecule has 7 heterocycles. The molecule has 0 N–H and O–H groups in total. The van der Waals surface area contributed by atoms with Gasteiger partial charge in [0.25, 0.3) is 0 Å². The summed E-state index contributed by atoms with van der Waals surface area (Å²) in [4.78, 5) is 5.63. The molecular weight excluding hydrogens is 899 g/mol. The summed E-state index contributed by atoms with van der Waals surface area (Å²) in [7, 11) is 0. The van der Waals surface area contributed by atoms with Crippen molar-refractivity contribution < 1.29 is 0 Å². The molecule has 0 amide bonds. The summed E-state index contributed by atoms with van der Waals surface area (Å²) >= 11 is 0. The van der Waals surface area contributed by atoms with Crippen molar-refractivity contribution in [2.45, 2.75) is 0 Å². The highest BCUT2D eigenvalue weighted by molar-refractivity contribution is 6.39. The van der Waals surface area contributed by atoms with Gasteiger partial charge in [0.1, 0.15) is 5.65 Å². The Balaban J connectivity index is 0.933. The third-order valence-corrected chi connectivity index (χ3v) is 16.6. The molecular formula is C69H39N5. The number of benzene rings is 11. The van der Waals surface area contributed by atoms with Crippen LogP contribution in [0, 0.1) is 0 Å². The molecule has 18 rings (SSSR count). The van der Waals surface area contributed by atoms with E-state index in [4.69, 9.17) is 4.98 Å². The molecule has 0 atom stereocenters. The predicted molar refractivity (Wildman–Crippen MR) is 311 cm³/mol. The number of hydrogen-bond acceptors (Lipinski definition) is 1. The van der Waals surface area contributed by atoms with Gasteiger partial charge in [0.05, 0.1) is 55.8 Å². The van der Waals surface area contributed by atoms with Crippen molar-refractivity contribution in [2.75, 3.05) is 0 Å². The lowest BCUT2D eigenvalue weighted by molar-refractivity contribution is 1.18. The van der Waals surface area contributed by atoms with Crippen LogP contribution in [-0.4, -0.2) is 22.9 Å². The van der Waals surface area contributed by atoms with Gasteiger partial charge in [0, 0.05) is 87.1 Å². The molecule has 340 valence electrons. The minimum absolute atomic E-state index is 0.982. The zero-order valence-corrected chi connectivity index (χ0v) is 39.8. The van der Waals surface area contributed by atoms with Gasteiger partial charge in [-0.25, -0.2) is 4.98 Å². The second-order valence-corrected chi connectivity index (χ2v) is 20.2. The predicted octanol–water partition coefficient (Wildman–Crippen LogP) is 18.1. The van der Waals surface area contributed by atoms with E-state index < -0.39 is 0 Å². The maximum Gasteiger partial charge on any atom is 0.146 e. The Labute approximate surface area is 421 Å². The van der Waals surface area contributed by atoms with E-state index in [1.807, 2.05) is 0 Å². The maximum atomic E-state index is 5.63. The Morgan fingerprint density at radius 3 is 1.39 bits per heavy atom. The topological polar surface area (TPSA) is 31.6 Å². The van der Waals surface area contributed by atoms with Crippen LogP contribution in [0.2, 0.25) is 0 Å². The molecule has 0 fully saturated rings. The molecule has 0 radical (unpaired) electrons. The first-order valence-electron chi connectivity index (χ1n) is 25.5. The Kier molecular flexibility index (Phi) is 7.28. The molecule has 74 heavy (non-hydrogen) atoms. The fraction of sp³-hybridized carbons (Fsp3) is 0. The largest absolute Gasteiger partial charge is 0.309 e. The summed E-state index contributed by atoms with van der Waals surface area (Å²) < 4.78 is 9.83. The number of fused-ring (bicyclic) bond motifs is 21. The number of pyridine rings is 1. The van der Waals surface area contributed by atoms with Crippen LogP contribution in [0.15, 0.2) is 237 Å². The number of nitrogens with zero attached hydrogens (tertiary/aromatic N) is 5. The van der Waals surface area contributed by atoms with E-state index in [0.29, 0.717) is 0 Å². The van der Waals surface area contributed by atoms with Crippen molar-refractivity contribution in [3.63, 3.8) is 0 Å².